The van der Waals surface area contributed by atoms with E-state index in [4.69, 9.17) is 14.6 Å². The number of alkyl halides is 3. The molecule has 0 bridgehead atoms. The number of aliphatic carboxylic acids is 1. The van der Waals surface area contributed by atoms with Gasteiger partial charge in [0.15, 0.2) is 0 Å². The van der Waals surface area contributed by atoms with E-state index in [1.54, 1.807) is 49.7 Å². The summed E-state index contributed by atoms with van der Waals surface area (Å²) in [6, 6.07) is 12.5. The number of carbonyl (C=O) groups is 3. The van der Waals surface area contributed by atoms with Gasteiger partial charge in [-0.25, -0.2) is 4.79 Å². The molecule has 2 aromatic heterocycles. The first-order valence-electron chi connectivity index (χ1n) is 11.4. The molecule has 200 valence electrons. The fourth-order valence-corrected chi connectivity index (χ4v) is 4.37. The molecule has 2 aliphatic heterocycles. The number of ether oxygens (including phenoxy) is 1. The summed E-state index contributed by atoms with van der Waals surface area (Å²) in [7, 11) is 1.59. The number of anilines is 1. The van der Waals surface area contributed by atoms with Crippen LogP contribution in [0.5, 0.6) is 5.75 Å². The highest BCUT2D eigenvalue weighted by Crippen LogP contribution is 2.33. The molecular weight excluding hydrogens is 509 g/mol. The maximum atomic E-state index is 12.8. The molecule has 1 fully saturated rings. The number of pyridine rings is 1. The van der Waals surface area contributed by atoms with Crippen LogP contribution in [0.4, 0.5) is 18.9 Å². The second-order valence-electron chi connectivity index (χ2n) is 8.69. The van der Waals surface area contributed by atoms with Crippen LogP contribution in [0.1, 0.15) is 26.9 Å². The summed E-state index contributed by atoms with van der Waals surface area (Å²) in [6.07, 6.45) is -2.76. The molecule has 0 aliphatic carbocycles. The van der Waals surface area contributed by atoms with Crippen molar-refractivity contribution in [2.24, 2.45) is 11.8 Å². The average Bonchev–Trinajstić information content (AvgIpc) is 3.51. The number of halogens is 3. The summed E-state index contributed by atoms with van der Waals surface area (Å²) >= 11 is 0. The molecule has 11 nitrogen and oxygen atoms in total. The maximum absolute atomic E-state index is 12.8. The van der Waals surface area contributed by atoms with Crippen molar-refractivity contribution in [2.45, 2.75) is 19.1 Å². The van der Waals surface area contributed by atoms with Crippen molar-refractivity contribution >= 4 is 23.5 Å². The third kappa shape index (κ3) is 5.90. The van der Waals surface area contributed by atoms with Gasteiger partial charge in [0.2, 0.25) is 5.82 Å². The Balaban J connectivity index is 0.000000426. The lowest BCUT2D eigenvalue weighted by Gasteiger charge is -2.25. The van der Waals surface area contributed by atoms with Gasteiger partial charge in [0, 0.05) is 37.9 Å². The predicted octanol–water partition coefficient (Wildman–Crippen LogP) is 2.51. The minimum atomic E-state index is -5.08. The van der Waals surface area contributed by atoms with Crippen molar-refractivity contribution in [3.05, 3.63) is 66.0 Å². The first-order valence-corrected chi connectivity index (χ1v) is 11.4. The van der Waals surface area contributed by atoms with E-state index in [9.17, 15) is 22.8 Å². The van der Waals surface area contributed by atoms with E-state index in [0.717, 1.165) is 11.6 Å². The van der Waals surface area contributed by atoms with E-state index < -0.39 is 12.1 Å². The number of amides is 2. The van der Waals surface area contributed by atoms with Crippen molar-refractivity contribution in [2.75, 3.05) is 25.5 Å². The number of rotatable bonds is 4. The summed E-state index contributed by atoms with van der Waals surface area (Å²) in [4.78, 5) is 40.5. The molecule has 3 aromatic rings. The summed E-state index contributed by atoms with van der Waals surface area (Å²) in [5.74, 6) is -0.759. The third-order valence-corrected chi connectivity index (χ3v) is 6.23. The van der Waals surface area contributed by atoms with Gasteiger partial charge in [0.25, 0.3) is 11.8 Å². The van der Waals surface area contributed by atoms with Crippen molar-refractivity contribution in [3.8, 4) is 5.75 Å². The Hall–Kier alpha value is -4.49. The Morgan fingerprint density at radius 1 is 1.03 bits per heavy atom. The third-order valence-electron chi connectivity index (χ3n) is 6.23. The standard InChI is InChI=1S/C22H22N6O3.C2HF3O2/c1-31-17-7-5-16(6-8-17)24-21(29)20-26-25-19-10-14-11-27(12-15(14)13-28(19)20)22(30)18-4-2-3-9-23-18;3-2(4,5)1(6)7/h2-9,14-15H,10-13H2,1H3,(H,24,29);(H,6,7). The summed E-state index contributed by atoms with van der Waals surface area (Å²) in [5, 5.41) is 18.4. The molecule has 0 radical (unpaired) electrons. The van der Waals surface area contributed by atoms with E-state index >= 15 is 0 Å². The molecule has 0 saturated carbocycles. The van der Waals surface area contributed by atoms with E-state index in [1.807, 2.05) is 15.5 Å². The van der Waals surface area contributed by atoms with Gasteiger partial charge in [-0.3, -0.25) is 14.6 Å². The van der Waals surface area contributed by atoms with Gasteiger partial charge in [-0.1, -0.05) is 6.07 Å². The Morgan fingerprint density at radius 3 is 2.32 bits per heavy atom. The van der Waals surface area contributed by atoms with Crippen molar-refractivity contribution in [3.63, 3.8) is 0 Å². The number of methoxy groups -OCH3 is 1. The predicted molar refractivity (Wildman–Crippen MR) is 125 cm³/mol. The number of carboxylic acid groups (broad SMARTS) is 1. The smallest absolute Gasteiger partial charge is 0.490 e. The van der Waals surface area contributed by atoms with Gasteiger partial charge in [0.1, 0.15) is 17.3 Å². The molecule has 0 spiro atoms. The number of benzene rings is 1. The normalized spacial score (nSPS) is 17.9. The average molecular weight is 532 g/mol. The molecule has 4 heterocycles. The number of carboxylic acids is 1. The highest BCUT2D eigenvalue weighted by Gasteiger charge is 2.41. The molecule has 38 heavy (non-hydrogen) atoms. The zero-order chi connectivity index (χ0) is 27.4. The molecule has 2 aliphatic rings. The molecule has 5 rings (SSSR count). The number of hydrogen-bond donors (Lipinski definition) is 2. The van der Waals surface area contributed by atoms with Crippen LogP contribution >= 0.6 is 0 Å². The lowest BCUT2D eigenvalue weighted by molar-refractivity contribution is -0.192. The number of nitrogens with one attached hydrogen (secondary N) is 1. The number of likely N-dealkylation sites (tertiary alicyclic amines) is 1. The minimum absolute atomic E-state index is 0.0526. The van der Waals surface area contributed by atoms with E-state index in [1.165, 1.54) is 0 Å². The number of hydrogen-bond acceptors (Lipinski definition) is 7. The van der Waals surface area contributed by atoms with Crippen molar-refractivity contribution in [1.29, 1.82) is 0 Å². The molecule has 2 unspecified atom stereocenters. The number of nitrogens with zero attached hydrogens (tertiary/aromatic N) is 5. The van der Waals surface area contributed by atoms with Gasteiger partial charge >= 0.3 is 12.1 Å². The second kappa shape index (κ2) is 10.9. The zero-order valence-electron chi connectivity index (χ0n) is 20.1. The first-order chi connectivity index (χ1) is 18.1. The number of carbonyl (C=O) groups excluding carboxylic acids is 2. The molecular formula is C24H23F3N6O5. The Labute approximate surface area is 214 Å². The number of fused-ring (bicyclic) bond motifs is 2. The number of aromatic nitrogens is 4. The maximum Gasteiger partial charge on any atom is 0.490 e. The van der Waals surface area contributed by atoms with E-state index in [0.29, 0.717) is 49.2 Å². The van der Waals surface area contributed by atoms with Gasteiger partial charge in [-0.15, -0.1) is 10.2 Å². The minimum Gasteiger partial charge on any atom is -0.497 e. The van der Waals surface area contributed by atoms with Crippen LogP contribution in [0, 0.1) is 11.8 Å². The fourth-order valence-electron chi connectivity index (χ4n) is 4.37. The summed E-state index contributed by atoms with van der Waals surface area (Å²) < 4.78 is 38.8. The van der Waals surface area contributed by atoms with Crippen LogP contribution < -0.4 is 10.1 Å². The Kier molecular flexibility index (Phi) is 7.60. The van der Waals surface area contributed by atoms with Crippen LogP contribution in [-0.4, -0.2) is 73.9 Å². The highest BCUT2D eigenvalue weighted by molar-refractivity contribution is 6.01. The van der Waals surface area contributed by atoms with Crippen LogP contribution in [0.2, 0.25) is 0 Å². The van der Waals surface area contributed by atoms with E-state index in [2.05, 4.69) is 20.5 Å². The molecule has 1 aromatic carbocycles. The van der Waals surface area contributed by atoms with Gasteiger partial charge < -0.3 is 24.6 Å². The van der Waals surface area contributed by atoms with Gasteiger partial charge in [-0.05, 0) is 48.2 Å². The first kappa shape index (κ1) is 26.6. The SMILES string of the molecule is COc1ccc(NC(=O)c2nnc3n2CC2CN(C(=O)c4ccccn4)CC2C3)cc1.O=C(O)C(F)(F)F. The quantitative estimate of drug-likeness (QED) is 0.523. The molecule has 2 N–H and O–H groups in total. The summed E-state index contributed by atoms with van der Waals surface area (Å²) in [6.45, 7) is 1.92. The van der Waals surface area contributed by atoms with E-state index in [-0.39, 0.29) is 17.7 Å². The molecule has 14 heteroatoms. The second-order valence-corrected chi connectivity index (χ2v) is 8.69. The van der Waals surface area contributed by atoms with Gasteiger partial charge in [-0.2, -0.15) is 13.2 Å². The summed E-state index contributed by atoms with van der Waals surface area (Å²) in [5.41, 5.74) is 1.12. The zero-order valence-corrected chi connectivity index (χ0v) is 20.1. The fraction of sp³-hybridized carbons (Fsp3) is 0.333. The van der Waals surface area contributed by atoms with Crippen LogP contribution in [0.25, 0.3) is 0 Å². The van der Waals surface area contributed by atoms with Crippen molar-refractivity contribution < 1.29 is 37.4 Å². The topological polar surface area (TPSA) is 140 Å². The van der Waals surface area contributed by atoms with Crippen molar-refractivity contribution in [1.82, 2.24) is 24.6 Å². The highest BCUT2D eigenvalue weighted by atomic mass is 19.4. The monoisotopic (exact) mass is 532 g/mol. The lowest BCUT2D eigenvalue weighted by Crippen LogP contribution is -2.31. The molecule has 1 saturated heterocycles. The van der Waals surface area contributed by atoms with Crippen LogP contribution in [0.15, 0.2) is 48.7 Å². The Morgan fingerprint density at radius 2 is 1.71 bits per heavy atom. The molecule has 2 amide bonds. The largest absolute Gasteiger partial charge is 0.497 e. The van der Waals surface area contributed by atoms with Gasteiger partial charge in [0.05, 0.1) is 7.11 Å². The van der Waals surface area contributed by atoms with Crippen LogP contribution in [-0.2, 0) is 17.8 Å². The molecule has 2 atom stereocenters. The lowest BCUT2D eigenvalue weighted by atomic mass is 9.89. The van der Waals surface area contributed by atoms with Crippen LogP contribution in [0.3, 0.4) is 0 Å². The Bertz CT molecular complexity index is 1310.